The van der Waals surface area contributed by atoms with Gasteiger partial charge in [0.25, 0.3) is 0 Å². The number of rotatable bonds is 6. The van der Waals surface area contributed by atoms with Crippen LogP contribution in [0.5, 0.6) is 5.75 Å². The second kappa shape index (κ2) is 7.31. The van der Waals surface area contributed by atoms with Gasteiger partial charge in [-0.05, 0) is 24.5 Å². The summed E-state index contributed by atoms with van der Waals surface area (Å²) in [6.07, 6.45) is 1.36. The number of alkyl halides is 3. The molecule has 0 N–H and O–H groups in total. The molecule has 0 radical (unpaired) electrons. The lowest BCUT2D eigenvalue weighted by atomic mass is 10.0. The zero-order chi connectivity index (χ0) is 13.5. The average Bonchev–Trinajstić information content (AvgIpc) is 2.34. The molecule has 0 amide bonds. The molecular weight excluding hydrogens is 310 g/mol. The third kappa shape index (κ3) is 3.94. The van der Waals surface area contributed by atoms with Gasteiger partial charge in [-0.2, -0.15) is 8.78 Å². The minimum Gasteiger partial charge on any atom is -0.465 e. The molecule has 0 aliphatic rings. The number of hydrogen-bond acceptors (Lipinski definition) is 3. The van der Waals surface area contributed by atoms with Gasteiger partial charge in [0.1, 0.15) is 11.3 Å². The number of carbonyl (C=O) groups is 1. The molecule has 0 aliphatic heterocycles. The Bertz CT molecular complexity index is 410. The second-order valence-corrected chi connectivity index (χ2v) is 4.25. The average molecular weight is 323 g/mol. The highest BCUT2D eigenvalue weighted by Gasteiger charge is 2.20. The molecule has 1 rings (SSSR count). The van der Waals surface area contributed by atoms with Gasteiger partial charge in [-0.1, -0.05) is 28.1 Å². The molecule has 3 nitrogen and oxygen atoms in total. The zero-order valence-corrected chi connectivity index (χ0v) is 11.4. The van der Waals surface area contributed by atoms with Crippen LogP contribution in [0.2, 0.25) is 0 Å². The maximum Gasteiger partial charge on any atom is 0.387 e. The molecule has 6 heteroatoms. The van der Waals surface area contributed by atoms with Gasteiger partial charge >= 0.3 is 12.6 Å². The topological polar surface area (TPSA) is 35.5 Å². The van der Waals surface area contributed by atoms with Crippen molar-refractivity contribution in [2.75, 3.05) is 12.4 Å². The van der Waals surface area contributed by atoms with E-state index in [0.717, 1.165) is 11.8 Å². The van der Waals surface area contributed by atoms with Crippen LogP contribution in [0.25, 0.3) is 0 Å². The van der Waals surface area contributed by atoms with E-state index >= 15 is 0 Å². The van der Waals surface area contributed by atoms with Crippen LogP contribution in [0.15, 0.2) is 18.2 Å². The SMILES string of the molecule is COC(=O)c1c(CCCBr)cccc1OC(F)F. The van der Waals surface area contributed by atoms with Crippen LogP contribution in [0.3, 0.4) is 0 Å². The molecule has 0 spiro atoms. The summed E-state index contributed by atoms with van der Waals surface area (Å²) in [7, 11) is 1.20. The Hall–Kier alpha value is -1.17. The highest BCUT2D eigenvalue weighted by Crippen LogP contribution is 2.26. The van der Waals surface area contributed by atoms with Crippen LogP contribution in [-0.2, 0) is 11.2 Å². The van der Waals surface area contributed by atoms with Crippen LogP contribution in [-0.4, -0.2) is 25.0 Å². The van der Waals surface area contributed by atoms with Gasteiger partial charge in [0.05, 0.1) is 7.11 Å². The van der Waals surface area contributed by atoms with E-state index in [1.807, 2.05) is 0 Å². The van der Waals surface area contributed by atoms with Crippen molar-refractivity contribution in [3.63, 3.8) is 0 Å². The van der Waals surface area contributed by atoms with Crippen molar-refractivity contribution >= 4 is 21.9 Å². The zero-order valence-electron chi connectivity index (χ0n) is 9.79. The van der Waals surface area contributed by atoms with Crippen LogP contribution < -0.4 is 4.74 Å². The lowest BCUT2D eigenvalue weighted by Gasteiger charge is -2.13. The van der Waals surface area contributed by atoms with E-state index in [2.05, 4.69) is 25.4 Å². The van der Waals surface area contributed by atoms with Gasteiger partial charge in [-0.25, -0.2) is 4.79 Å². The van der Waals surface area contributed by atoms with Crippen molar-refractivity contribution in [1.82, 2.24) is 0 Å². The first-order valence-electron chi connectivity index (χ1n) is 5.31. The predicted molar refractivity (Wildman–Crippen MR) is 66.5 cm³/mol. The Morgan fingerprint density at radius 2 is 2.17 bits per heavy atom. The van der Waals surface area contributed by atoms with Crippen LogP contribution >= 0.6 is 15.9 Å². The molecule has 0 atom stereocenters. The van der Waals surface area contributed by atoms with Gasteiger partial charge < -0.3 is 9.47 Å². The molecule has 0 aromatic heterocycles. The number of ether oxygens (including phenoxy) is 2. The molecular formula is C12H13BrF2O3. The number of halogens is 3. The summed E-state index contributed by atoms with van der Waals surface area (Å²) >= 11 is 3.28. The Kier molecular flexibility index (Phi) is 6.04. The number of methoxy groups -OCH3 is 1. The van der Waals surface area contributed by atoms with Crippen LogP contribution in [0.4, 0.5) is 8.78 Å². The molecule has 0 aliphatic carbocycles. The fourth-order valence-electron chi connectivity index (χ4n) is 1.57. The first-order valence-corrected chi connectivity index (χ1v) is 6.43. The monoisotopic (exact) mass is 322 g/mol. The Labute approximate surface area is 112 Å². The first-order chi connectivity index (χ1) is 8.60. The summed E-state index contributed by atoms with van der Waals surface area (Å²) in [4.78, 5) is 11.6. The van der Waals surface area contributed by atoms with Crippen LogP contribution in [0.1, 0.15) is 22.3 Å². The molecule has 18 heavy (non-hydrogen) atoms. The van der Waals surface area contributed by atoms with E-state index < -0.39 is 12.6 Å². The summed E-state index contributed by atoms with van der Waals surface area (Å²) in [6.45, 7) is -2.97. The van der Waals surface area contributed by atoms with Crippen molar-refractivity contribution in [3.8, 4) is 5.75 Å². The molecule has 1 aromatic carbocycles. The van der Waals surface area contributed by atoms with Gasteiger partial charge in [-0.15, -0.1) is 0 Å². The quantitative estimate of drug-likeness (QED) is 0.594. The third-order valence-electron chi connectivity index (χ3n) is 2.30. The number of aryl methyl sites for hydroxylation is 1. The minimum absolute atomic E-state index is 0.0706. The normalized spacial score (nSPS) is 10.5. The third-order valence-corrected chi connectivity index (χ3v) is 2.86. The number of hydrogen-bond donors (Lipinski definition) is 0. The van der Waals surface area contributed by atoms with Gasteiger partial charge in [0.15, 0.2) is 0 Å². The molecule has 0 bridgehead atoms. The number of esters is 1. The van der Waals surface area contributed by atoms with E-state index in [1.165, 1.54) is 13.2 Å². The maximum absolute atomic E-state index is 12.3. The first kappa shape index (κ1) is 14.9. The van der Waals surface area contributed by atoms with E-state index in [-0.39, 0.29) is 11.3 Å². The Morgan fingerprint density at radius 1 is 1.44 bits per heavy atom. The van der Waals surface area contributed by atoms with Gasteiger partial charge in [0.2, 0.25) is 0 Å². The van der Waals surface area contributed by atoms with Gasteiger partial charge in [-0.3, -0.25) is 0 Å². The van der Waals surface area contributed by atoms with E-state index in [0.29, 0.717) is 12.0 Å². The lowest BCUT2D eigenvalue weighted by Crippen LogP contribution is -2.12. The van der Waals surface area contributed by atoms with Crippen molar-refractivity contribution in [2.45, 2.75) is 19.5 Å². The molecule has 0 saturated heterocycles. The number of carbonyl (C=O) groups excluding carboxylic acids is 1. The molecule has 0 fully saturated rings. The van der Waals surface area contributed by atoms with Crippen molar-refractivity contribution in [2.24, 2.45) is 0 Å². The van der Waals surface area contributed by atoms with E-state index in [4.69, 9.17) is 0 Å². The van der Waals surface area contributed by atoms with Crippen molar-refractivity contribution in [1.29, 1.82) is 0 Å². The molecule has 0 heterocycles. The standard InChI is InChI=1S/C12H13BrF2O3/c1-17-11(16)10-8(5-3-7-13)4-2-6-9(10)18-12(14)15/h2,4,6,12H,3,5,7H2,1H3. The molecule has 0 unspecified atom stereocenters. The summed E-state index contributed by atoms with van der Waals surface area (Å²) in [6, 6.07) is 4.61. The minimum atomic E-state index is -2.97. The fraction of sp³-hybridized carbons (Fsp3) is 0.417. The van der Waals surface area contributed by atoms with Gasteiger partial charge in [0, 0.05) is 5.33 Å². The second-order valence-electron chi connectivity index (χ2n) is 3.45. The highest BCUT2D eigenvalue weighted by atomic mass is 79.9. The summed E-state index contributed by atoms with van der Waals surface area (Å²) < 4.78 is 33.5. The largest absolute Gasteiger partial charge is 0.465 e. The van der Waals surface area contributed by atoms with E-state index in [1.54, 1.807) is 12.1 Å². The lowest BCUT2D eigenvalue weighted by molar-refractivity contribution is -0.0504. The predicted octanol–water partition coefficient (Wildman–Crippen LogP) is 3.40. The smallest absolute Gasteiger partial charge is 0.387 e. The van der Waals surface area contributed by atoms with Crippen molar-refractivity contribution < 1.29 is 23.0 Å². The fourth-order valence-corrected chi connectivity index (χ4v) is 1.85. The molecule has 1 aromatic rings. The van der Waals surface area contributed by atoms with Crippen molar-refractivity contribution in [3.05, 3.63) is 29.3 Å². The maximum atomic E-state index is 12.3. The Morgan fingerprint density at radius 3 is 2.72 bits per heavy atom. The molecule has 0 saturated carbocycles. The summed E-state index contributed by atoms with van der Waals surface area (Å²) in [5.74, 6) is -0.820. The van der Waals surface area contributed by atoms with E-state index in [9.17, 15) is 13.6 Å². The summed E-state index contributed by atoms with van der Waals surface area (Å²) in [5.41, 5.74) is 0.709. The van der Waals surface area contributed by atoms with Crippen LogP contribution in [0, 0.1) is 0 Å². The number of benzene rings is 1. The Balaban J connectivity index is 3.12. The highest BCUT2D eigenvalue weighted by molar-refractivity contribution is 9.09. The molecule has 100 valence electrons. The summed E-state index contributed by atoms with van der Waals surface area (Å²) in [5, 5.41) is 0.757.